The van der Waals surface area contributed by atoms with Crippen LogP contribution in [0.5, 0.6) is 0 Å². The molecule has 1 aliphatic heterocycles. The van der Waals surface area contributed by atoms with Crippen molar-refractivity contribution in [2.75, 3.05) is 19.8 Å². The van der Waals surface area contributed by atoms with E-state index in [-0.39, 0.29) is 0 Å². The molecule has 1 aromatic rings. The molecule has 0 atom stereocenters. The number of rotatable bonds is 5. The SMILES string of the molecule is CCc1c(C)nn(CCNC2CCOCC2)c1C. The fourth-order valence-electron chi connectivity index (χ4n) is 2.74. The standard InChI is InChI=1S/C14H25N3O/c1-4-14-11(2)16-17(12(14)3)8-7-15-13-5-9-18-10-6-13/h13,15H,4-10H2,1-3H3. The smallest absolute Gasteiger partial charge is 0.0628 e. The molecule has 4 nitrogen and oxygen atoms in total. The minimum Gasteiger partial charge on any atom is -0.381 e. The molecule has 18 heavy (non-hydrogen) atoms. The third kappa shape index (κ3) is 3.12. The van der Waals surface area contributed by atoms with Crippen LogP contribution in [-0.4, -0.2) is 35.6 Å². The highest BCUT2D eigenvalue weighted by atomic mass is 16.5. The maximum Gasteiger partial charge on any atom is 0.0628 e. The first-order chi connectivity index (χ1) is 8.72. The molecule has 1 saturated heterocycles. The van der Waals surface area contributed by atoms with Gasteiger partial charge in [-0.05, 0) is 38.7 Å². The number of aryl methyl sites for hydroxylation is 1. The third-order valence-corrected chi connectivity index (χ3v) is 3.86. The summed E-state index contributed by atoms with van der Waals surface area (Å²) in [5.41, 5.74) is 3.91. The number of hydrogen-bond acceptors (Lipinski definition) is 3. The summed E-state index contributed by atoms with van der Waals surface area (Å²) < 4.78 is 7.50. The molecular weight excluding hydrogens is 226 g/mol. The topological polar surface area (TPSA) is 39.1 Å². The molecular formula is C14H25N3O. The van der Waals surface area contributed by atoms with Crippen molar-refractivity contribution in [1.82, 2.24) is 15.1 Å². The van der Waals surface area contributed by atoms with Gasteiger partial charge in [0, 0.05) is 31.5 Å². The molecule has 0 radical (unpaired) electrons. The summed E-state index contributed by atoms with van der Waals surface area (Å²) in [6.07, 6.45) is 3.35. The van der Waals surface area contributed by atoms with Crippen molar-refractivity contribution in [2.24, 2.45) is 0 Å². The Morgan fingerprint density at radius 3 is 2.67 bits per heavy atom. The van der Waals surface area contributed by atoms with Crippen molar-refractivity contribution in [3.8, 4) is 0 Å². The second-order valence-corrected chi connectivity index (χ2v) is 5.07. The molecule has 0 amide bonds. The van der Waals surface area contributed by atoms with Crippen LogP contribution in [0.2, 0.25) is 0 Å². The summed E-state index contributed by atoms with van der Waals surface area (Å²) in [6.45, 7) is 10.2. The average Bonchev–Trinajstić information content (AvgIpc) is 2.65. The number of aromatic nitrogens is 2. The van der Waals surface area contributed by atoms with E-state index in [2.05, 4.69) is 35.9 Å². The maximum atomic E-state index is 5.36. The third-order valence-electron chi connectivity index (χ3n) is 3.86. The lowest BCUT2D eigenvalue weighted by molar-refractivity contribution is 0.0778. The largest absolute Gasteiger partial charge is 0.381 e. The second kappa shape index (κ2) is 6.34. The Kier molecular flexibility index (Phi) is 4.78. The Labute approximate surface area is 110 Å². The Balaban J connectivity index is 1.82. The predicted octanol–water partition coefficient (Wildman–Crippen LogP) is 1.83. The molecule has 0 saturated carbocycles. The summed E-state index contributed by atoms with van der Waals surface area (Å²) in [5, 5.41) is 8.22. The van der Waals surface area contributed by atoms with Gasteiger partial charge in [0.1, 0.15) is 0 Å². The molecule has 0 bridgehead atoms. The lowest BCUT2D eigenvalue weighted by Crippen LogP contribution is -2.36. The Morgan fingerprint density at radius 2 is 2.06 bits per heavy atom. The van der Waals surface area contributed by atoms with Crippen LogP contribution in [0, 0.1) is 13.8 Å². The van der Waals surface area contributed by atoms with Crippen molar-refractivity contribution in [2.45, 2.75) is 52.6 Å². The van der Waals surface area contributed by atoms with Gasteiger partial charge in [0.25, 0.3) is 0 Å². The first-order valence-corrected chi connectivity index (χ1v) is 7.06. The van der Waals surface area contributed by atoms with Crippen LogP contribution in [0.25, 0.3) is 0 Å². The zero-order valence-electron chi connectivity index (χ0n) is 11.8. The Morgan fingerprint density at radius 1 is 1.33 bits per heavy atom. The van der Waals surface area contributed by atoms with Crippen LogP contribution in [0.4, 0.5) is 0 Å². The molecule has 1 N–H and O–H groups in total. The lowest BCUT2D eigenvalue weighted by atomic mass is 10.1. The summed E-state index contributed by atoms with van der Waals surface area (Å²) in [6, 6.07) is 0.626. The molecule has 0 unspecified atom stereocenters. The zero-order valence-corrected chi connectivity index (χ0v) is 11.8. The van der Waals surface area contributed by atoms with E-state index in [1.807, 2.05) is 0 Å². The van der Waals surface area contributed by atoms with Crippen molar-refractivity contribution in [1.29, 1.82) is 0 Å². The van der Waals surface area contributed by atoms with Gasteiger partial charge in [0.05, 0.1) is 12.2 Å². The van der Waals surface area contributed by atoms with Crippen molar-refractivity contribution >= 4 is 0 Å². The summed E-state index contributed by atoms with van der Waals surface area (Å²) >= 11 is 0. The van der Waals surface area contributed by atoms with E-state index in [1.165, 1.54) is 17.0 Å². The summed E-state index contributed by atoms with van der Waals surface area (Å²) in [5.74, 6) is 0. The van der Waals surface area contributed by atoms with E-state index in [4.69, 9.17) is 4.74 Å². The first kappa shape index (κ1) is 13.6. The quantitative estimate of drug-likeness (QED) is 0.868. The molecule has 0 spiro atoms. The van der Waals surface area contributed by atoms with Crippen LogP contribution >= 0.6 is 0 Å². The maximum absolute atomic E-state index is 5.36. The van der Waals surface area contributed by atoms with E-state index < -0.39 is 0 Å². The van der Waals surface area contributed by atoms with E-state index in [0.717, 1.165) is 45.6 Å². The van der Waals surface area contributed by atoms with Crippen LogP contribution < -0.4 is 5.32 Å². The normalized spacial score (nSPS) is 17.3. The van der Waals surface area contributed by atoms with Gasteiger partial charge in [0.15, 0.2) is 0 Å². The average molecular weight is 251 g/mol. The van der Waals surface area contributed by atoms with Gasteiger partial charge in [-0.2, -0.15) is 5.10 Å². The van der Waals surface area contributed by atoms with Gasteiger partial charge in [-0.3, -0.25) is 4.68 Å². The molecule has 0 aliphatic carbocycles. The van der Waals surface area contributed by atoms with Crippen molar-refractivity contribution in [3.05, 3.63) is 17.0 Å². The minimum atomic E-state index is 0.626. The van der Waals surface area contributed by atoms with E-state index >= 15 is 0 Å². The Hall–Kier alpha value is -0.870. The minimum absolute atomic E-state index is 0.626. The predicted molar refractivity (Wildman–Crippen MR) is 72.9 cm³/mol. The molecule has 2 rings (SSSR count). The Bertz CT molecular complexity index is 381. The summed E-state index contributed by atoms with van der Waals surface area (Å²) in [4.78, 5) is 0. The van der Waals surface area contributed by atoms with Crippen LogP contribution in [0.1, 0.15) is 36.7 Å². The van der Waals surface area contributed by atoms with Crippen LogP contribution in [-0.2, 0) is 17.7 Å². The number of nitrogens with zero attached hydrogens (tertiary/aromatic N) is 2. The van der Waals surface area contributed by atoms with E-state index in [1.54, 1.807) is 0 Å². The molecule has 1 fully saturated rings. The fraction of sp³-hybridized carbons (Fsp3) is 0.786. The highest BCUT2D eigenvalue weighted by molar-refractivity contribution is 5.24. The van der Waals surface area contributed by atoms with Gasteiger partial charge in [-0.25, -0.2) is 0 Å². The van der Waals surface area contributed by atoms with E-state index in [9.17, 15) is 0 Å². The summed E-state index contributed by atoms with van der Waals surface area (Å²) in [7, 11) is 0. The van der Waals surface area contributed by atoms with Crippen LogP contribution in [0.15, 0.2) is 0 Å². The number of ether oxygens (including phenoxy) is 1. The van der Waals surface area contributed by atoms with Gasteiger partial charge < -0.3 is 10.1 Å². The van der Waals surface area contributed by atoms with Gasteiger partial charge in [0.2, 0.25) is 0 Å². The highest BCUT2D eigenvalue weighted by Gasteiger charge is 2.13. The molecule has 102 valence electrons. The zero-order chi connectivity index (χ0) is 13.0. The fourth-order valence-corrected chi connectivity index (χ4v) is 2.74. The monoisotopic (exact) mass is 251 g/mol. The second-order valence-electron chi connectivity index (χ2n) is 5.07. The number of nitrogens with one attached hydrogen (secondary N) is 1. The number of hydrogen-bond donors (Lipinski definition) is 1. The van der Waals surface area contributed by atoms with Gasteiger partial charge in [-0.15, -0.1) is 0 Å². The lowest BCUT2D eigenvalue weighted by Gasteiger charge is -2.23. The van der Waals surface area contributed by atoms with Crippen LogP contribution in [0.3, 0.4) is 0 Å². The van der Waals surface area contributed by atoms with E-state index in [0.29, 0.717) is 6.04 Å². The highest BCUT2D eigenvalue weighted by Crippen LogP contribution is 2.13. The van der Waals surface area contributed by atoms with Gasteiger partial charge in [-0.1, -0.05) is 6.92 Å². The first-order valence-electron chi connectivity index (χ1n) is 7.06. The molecule has 1 aliphatic rings. The molecule has 4 heteroatoms. The van der Waals surface area contributed by atoms with Crippen molar-refractivity contribution < 1.29 is 4.74 Å². The van der Waals surface area contributed by atoms with Crippen molar-refractivity contribution in [3.63, 3.8) is 0 Å². The molecule has 1 aromatic heterocycles. The molecule has 2 heterocycles. The molecule has 0 aromatic carbocycles. The van der Waals surface area contributed by atoms with Gasteiger partial charge >= 0.3 is 0 Å².